The van der Waals surface area contributed by atoms with E-state index in [0.29, 0.717) is 24.5 Å². The minimum absolute atomic E-state index is 0.0261. The highest BCUT2D eigenvalue weighted by atomic mass is 32.2. The second-order valence-electron chi connectivity index (χ2n) is 12.9. The summed E-state index contributed by atoms with van der Waals surface area (Å²) >= 11 is 0. The fourth-order valence-corrected chi connectivity index (χ4v) is 9.01. The van der Waals surface area contributed by atoms with E-state index in [0.717, 1.165) is 47.2 Å². The molecular formula is C34H35N3O4S. The van der Waals surface area contributed by atoms with E-state index < -0.39 is 10.1 Å². The van der Waals surface area contributed by atoms with Crippen LogP contribution in [0.4, 0.5) is 0 Å². The average Bonchev–Trinajstić information content (AvgIpc) is 3.58. The van der Waals surface area contributed by atoms with Crippen molar-refractivity contribution in [1.82, 2.24) is 15.0 Å². The summed E-state index contributed by atoms with van der Waals surface area (Å²) in [6.45, 7) is 8.61. The summed E-state index contributed by atoms with van der Waals surface area (Å²) in [4.78, 5) is 13.6. The normalized spacial score (nSPS) is 26.2. The van der Waals surface area contributed by atoms with E-state index in [4.69, 9.17) is 4.18 Å². The molecule has 1 aromatic heterocycles. The number of benzene rings is 3. The lowest BCUT2D eigenvalue weighted by molar-refractivity contribution is -0.125. The van der Waals surface area contributed by atoms with Crippen LogP contribution in [0.5, 0.6) is 5.75 Å². The predicted octanol–water partition coefficient (Wildman–Crippen LogP) is 6.67. The zero-order valence-corrected chi connectivity index (χ0v) is 25.2. The molecule has 3 aromatic carbocycles. The van der Waals surface area contributed by atoms with Gasteiger partial charge in [-0.25, -0.2) is 0 Å². The smallest absolute Gasteiger partial charge is 0.339 e. The van der Waals surface area contributed by atoms with Crippen molar-refractivity contribution in [3.8, 4) is 17.0 Å². The van der Waals surface area contributed by atoms with Crippen LogP contribution in [0.15, 0.2) is 71.8 Å². The van der Waals surface area contributed by atoms with E-state index in [1.807, 2.05) is 42.9 Å². The molecule has 0 unspecified atom stereocenters. The van der Waals surface area contributed by atoms with Crippen molar-refractivity contribution in [3.63, 3.8) is 0 Å². The first kappa shape index (κ1) is 27.1. The maximum atomic E-state index is 13.5. The summed E-state index contributed by atoms with van der Waals surface area (Å²) in [5.41, 5.74) is 6.55. The molecule has 42 heavy (non-hydrogen) atoms. The highest BCUT2D eigenvalue weighted by Gasteiger charge is 2.65. The second-order valence-corrected chi connectivity index (χ2v) is 14.5. The molecule has 216 valence electrons. The minimum atomic E-state index is -4.02. The Morgan fingerprint density at radius 1 is 0.976 bits per heavy atom. The molecule has 4 atom stereocenters. The zero-order valence-electron chi connectivity index (χ0n) is 24.4. The van der Waals surface area contributed by atoms with Gasteiger partial charge in [-0.1, -0.05) is 65.7 Å². The number of hydrogen-bond donors (Lipinski definition) is 0. The van der Waals surface area contributed by atoms with Crippen molar-refractivity contribution in [2.45, 2.75) is 76.7 Å². The van der Waals surface area contributed by atoms with Crippen molar-refractivity contribution >= 4 is 15.9 Å². The van der Waals surface area contributed by atoms with Crippen LogP contribution < -0.4 is 4.18 Å². The Morgan fingerprint density at radius 3 is 2.38 bits per heavy atom. The first-order valence-electron chi connectivity index (χ1n) is 14.6. The quantitative estimate of drug-likeness (QED) is 0.236. The molecule has 0 saturated heterocycles. The maximum absolute atomic E-state index is 13.5. The van der Waals surface area contributed by atoms with Crippen molar-refractivity contribution in [2.75, 3.05) is 0 Å². The largest absolute Gasteiger partial charge is 0.379 e. The second kappa shape index (κ2) is 9.36. The Bertz CT molecular complexity index is 1830. The van der Waals surface area contributed by atoms with E-state index in [1.165, 1.54) is 11.1 Å². The Morgan fingerprint density at radius 2 is 1.67 bits per heavy atom. The molecule has 3 aliphatic carbocycles. The van der Waals surface area contributed by atoms with Crippen LogP contribution in [0.2, 0.25) is 0 Å². The van der Waals surface area contributed by atoms with Gasteiger partial charge in [-0.05, 0) is 86.3 Å². The number of hydrogen-bond acceptors (Lipinski definition) is 6. The molecule has 2 fully saturated rings. The first-order chi connectivity index (χ1) is 20.0. The topological polar surface area (TPSA) is 91.2 Å². The molecule has 4 aromatic rings. The Kier molecular flexibility index (Phi) is 6.04. The molecule has 8 heteroatoms. The Hall–Kier alpha value is -3.78. The van der Waals surface area contributed by atoms with Crippen LogP contribution in [-0.4, -0.2) is 29.2 Å². The fraction of sp³-hybridized carbons (Fsp3) is 0.382. The van der Waals surface area contributed by atoms with Crippen LogP contribution in [-0.2, 0) is 21.5 Å². The first-order valence-corrected chi connectivity index (χ1v) is 16.0. The third-order valence-corrected chi connectivity index (χ3v) is 11.5. The maximum Gasteiger partial charge on any atom is 0.339 e. The lowest BCUT2D eigenvalue weighted by Crippen LogP contribution is -2.35. The molecule has 7 nitrogen and oxygen atoms in total. The summed E-state index contributed by atoms with van der Waals surface area (Å²) in [7, 11) is -4.02. The molecule has 1 heterocycles. The summed E-state index contributed by atoms with van der Waals surface area (Å²) in [6, 6.07) is 18.7. The highest BCUT2D eigenvalue weighted by molar-refractivity contribution is 7.87. The van der Waals surface area contributed by atoms with Gasteiger partial charge in [-0.15, -0.1) is 5.10 Å². The van der Waals surface area contributed by atoms with Gasteiger partial charge in [0.15, 0.2) is 0 Å². The van der Waals surface area contributed by atoms with Gasteiger partial charge in [-0.2, -0.15) is 8.42 Å². The van der Waals surface area contributed by atoms with Crippen LogP contribution in [0.3, 0.4) is 0 Å². The van der Waals surface area contributed by atoms with Crippen LogP contribution in [0.1, 0.15) is 72.3 Å². The summed E-state index contributed by atoms with van der Waals surface area (Å²) in [5, 5.41) is 8.99. The zero-order chi connectivity index (χ0) is 29.4. The van der Waals surface area contributed by atoms with Gasteiger partial charge in [0, 0.05) is 23.3 Å². The molecule has 2 bridgehead atoms. The molecule has 0 aliphatic heterocycles. The number of rotatable bonds is 6. The van der Waals surface area contributed by atoms with Crippen LogP contribution in [0.25, 0.3) is 11.3 Å². The lowest BCUT2D eigenvalue weighted by atomic mass is 9.61. The van der Waals surface area contributed by atoms with Gasteiger partial charge in [0.05, 0.1) is 12.7 Å². The van der Waals surface area contributed by atoms with E-state index in [9.17, 15) is 13.2 Å². The monoisotopic (exact) mass is 581 g/mol. The number of nitrogens with zero attached hydrogens (tertiary/aromatic N) is 3. The summed E-state index contributed by atoms with van der Waals surface area (Å²) in [5.74, 6) is 0.888. The Labute approximate surface area is 247 Å². The van der Waals surface area contributed by atoms with E-state index in [-0.39, 0.29) is 27.6 Å². The van der Waals surface area contributed by atoms with Gasteiger partial charge < -0.3 is 4.18 Å². The van der Waals surface area contributed by atoms with Gasteiger partial charge in [-0.3, -0.25) is 9.48 Å². The van der Waals surface area contributed by atoms with E-state index >= 15 is 0 Å². The molecule has 0 radical (unpaired) electrons. The standard InChI is InChI=1S/C34H35N3O4S/c1-21-5-9-24(10-6-21)29-19-37(36-35-29)18-28-32-23(3)30(41-42(39,40)25-11-7-22(2)8-12-25)14-13-26(32)27-15-16-33(4)20-34(27,28)17-31(33)38/h5-14,19,27-28H,15-18,20H2,1-4H3/t27-,28-,33-,34+/m0/s1. The van der Waals surface area contributed by atoms with Gasteiger partial charge in [0.2, 0.25) is 0 Å². The molecule has 0 amide bonds. The minimum Gasteiger partial charge on any atom is -0.379 e. The van der Waals surface area contributed by atoms with Crippen molar-refractivity contribution in [1.29, 1.82) is 0 Å². The van der Waals surface area contributed by atoms with E-state index in [1.54, 1.807) is 30.3 Å². The number of aryl methyl sites for hydroxylation is 2. The van der Waals surface area contributed by atoms with Crippen molar-refractivity contribution < 1.29 is 17.4 Å². The summed E-state index contributed by atoms with van der Waals surface area (Å²) in [6.07, 6.45) is 5.16. The molecule has 3 aliphatic rings. The van der Waals surface area contributed by atoms with Crippen LogP contribution in [0, 0.1) is 31.6 Å². The lowest BCUT2D eigenvalue weighted by Gasteiger charge is -2.42. The molecule has 0 N–H and O–H groups in total. The molecular weight excluding hydrogens is 546 g/mol. The van der Waals surface area contributed by atoms with Crippen molar-refractivity contribution in [3.05, 3.63) is 94.7 Å². The van der Waals surface area contributed by atoms with E-state index in [2.05, 4.69) is 36.3 Å². The van der Waals surface area contributed by atoms with Gasteiger partial charge >= 0.3 is 10.1 Å². The third kappa shape index (κ3) is 4.14. The predicted molar refractivity (Wildman–Crippen MR) is 160 cm³/mol. The number of ketones is 1. The number of carbonyl (C=O) groups excluding carboxylic acids is 1. The Balaban J connectivity index is 1.30. The third-order valence-electron chi connectivity index (χ3n) is 10.2. The number of carbonyl (C=O) groups is 1. The molecule has 7 rings (SSSR count). The van der Waals surface area contributed by atoms with Crippen LogP contribution >= 0.6 is 0 Å². The molecule has 2 saturated carbocycles. The number of aromatic nitrogens is 3. The number of Topliss-reactive ketones (excluding diaryl/α,β-unsaturated/α-hetero) is 1. The summed E-state index contributed by atoms with van der Waals surface area (Å²) < 4.78 is 34.2. The highest BCUT2D eigenvalue weighted by Crippen LogP contribution is 2.72. The van der Waals surface area contributed by atoms with Gasteiger partial charge in [0.1, 0.15) is 22.1 Å². The van der Waals surface area contributed by atoms with Gasteiger partial charge in [0.25, 0.3) is 0 Å². The average molecular weight is 582 g/mol. The fourth-order valence-electron chi connectivity index (χ4n) is 8.03. The SMILES string of the molecule is Cc1ccc(-c2cn(C[C@H]3c4c(ccc(OS(=O)(=O)c5ccc(C)cc5)c4C)[C@@H]4CC[C@@]5(C)C[C@]43CC5=O)nn2)cc1. The van der Waals surface area contributed by atoms with Crippen molar-refractivity contribution in [2.24, 2.45) is 10.8 Å². The number of fused-ring (bicyclic) bond motifs is 3. The molecule has 1 spiro atoms.